The van der Waals surface area contributed by atoms with Gasteiger partial charge in [-0.2, -0.15) is 5.26 Å². The molecule has 0 bridgehead atoms. The molecule has 190 valence electrons. The molecule has 3 rings (SSSR count). The highest BCUT2D eigenvalue weighted by Crippen LogP contribution is 2.52. The molecule has 0 amide bonds. The molecule has 0 radical (unpaired) electrons. The van der Waals surface area contributed by atoms with Crippen molar-refractivity contribution in [2.45, 2.75) is 52.9 Å². The first kappa shape index (κ1) is 26.8. The zero-order valence-corrected chi connectivity index (χ0v) is 21.7. The Morgan fingerprint density at radius 1 is 1.22 bits per heavy atom. The number of Topliss-reactive ketones (excluding diaryl/α,β-unsaturated/α-hetero) is 1. The molecule has 0 saturated heterocycles. The SMILES string of the molecule is CCOC(=O)C1=C(C)n2c(N)c(C#N)c(/C(C(C)=O)=C(/O)CC)c2[C@H](C(=O)OCC)[C@H]1c1cccs1. The number of nitriles is 1. The van der Waals surface area contributed by atoms with Crippen LogP contribution in [0, 0.1) is 11.3 Å². The Labute approximate surface area is 213 Å². The minimum Gasteiger partial charge on any atom is -0.512 e. The minimum absolute atomic E-state index is 0.0524. The van der Waals surface area contributed by atoms with E-state index in [9.17, 15) is 24.8 Å². The van der Waals surface area contributed by atoms with Crippen LogP contribution in [-0.4, -0.2) is 40.6 Å². The van der Waals surface area contributed by atoms with E-state index >= 15 is 0 Å². The summed E-state index contributed by atoms with van der Waals surface area (Å²) in [4.78, 5) is 40.3. The van der Waals surface area contributed by atoms with Crippen LogP contribution in [0.3, 0.4) is 0 Å². The second kappa shape index (κ2) is 10.8. The largest absolute Gasteiger partial charge is 0.512 e. The van der Waals surface area contributed by atoms with Crippen molar-refractivity contribution in [1.82, 2.24) is 4.57 Å². The van der Waals surface area contributed by atoms with Crippen molar-refractivity contribution in [1.29, 1.82) is 5.26 Å². The molecular formula is C26H29N3O6S. The van der Waals surface area contributed by atoms with Crippen molar-refractivity contribution in [2.75, 3.05) is 18.9 Å². The number of thiophene rings is 1. The number of esters is 2. The molecule has 0 spiro atoms. The Kier molecular flexibility index (Phi) is 8.05. The number of ketones is 1. The molecule has 0 aliphatic carbocycles. The lowest BCUT2D eigenvalue weighted by atomic mass is 9.76. The van der Waals surface area contributed by atoms with Crippen LogP contribution in [0.25, 0.3) is 11.3 Å². The van der Waals surface area contributed by atoms with Crippen LogP contribution in [0.1, 0.15) is 74.6 Å². The van der Waals surface area contributed by atoms with Crippen molar-refractivity contribution in [2.24, 2.45) is 0 Å². The third-order valence-corrected chi connectivity index (χ3v) is 7.09. The van der Waals surface area contributed by atoms with E-state index in [-0.39, 0.29) is 59.2 Å². The number of hydrogen-bond donors (Lipinski definition) is 2. The Morgan fingerprint density at radius 3 is 2.39 bits per heavy atom. The molecule has 2 atom stereocenters. The molecule has 2 aromatic rings. The summed E-state index contributed by atoms with van der Waals surface area (Å²) in [5.74, 6) is -4.04. The maximum Gasteiger partial charge on any atom is 0.336 e. The van der Waals surface area contributed by atoms with Crippen LogP contribution in [-0.2, 0) is 23.9 Å². The van der Waals surface area contributed by atoms with Crippen LogP contribution in [0.4, 0.5) is 5.82 Å². The molecule has 3 N–H and O–H groups in total. The number of carbonyl (C=O) groups excluding carboxylic acids is 3. The van der Waals surface area contributed by atoms with Gasteiger partial charge in [0.1, 0.15) is 29.1 Å². The maximum absolute atomic E-state index is 13.6. The molecule has 0 aromatic carbocycles. The third kappa shape index (κ3) is 4.31. The number of anilines is 1. The van der Waals surface area contributed by atoms with Gasteiger partial charge in [0, 0.05) is 34.2 Å². The molecule has 2 aromatic heterocycles. The zero-order chi connectivity index (χ0) is 26.7. The molecule has 10 heteroatoms. The van der Waals surface area contributed by atoms with E-state index in [1.165, 1.54) is 22.8 Å². The normalized spacial score (nSPS) is 17.7. The first-order chi connectivity index (χ1) is 17.2. The van der Waals surface area contributed by atoms with Crippen LogP contribution in [0.5, 0.6) is 0 Å². The fourth-order valence-electron chi connectivity index (χ4n) is 4.74. The first-order valence-corrected chi connectivity index (χ1v) is 12.5. The highest BCUT2D eigenvalue weighted by Gasteiger charge is 2.48. The Morgan fingerprint density at radius 2 is 1.89 bits per heavy atom. The number of hydrogen-bond acceptors (Lipinski definition) is 9. The number of nitrogens with two attached hydrogens (primary N) is 1. The van der Waals surface area contributed by atoms with Crippen LogP contribution in [0.2, 0.25) is 0 Å². The summed E-state index contributed by atoms with van der Waals surface area (Å²) < 4.78 is 12.2. The molecule has 0 fully saturated rings. The molecule has 3 heterocycles. The molecule has 1 aliphatic heterocycles. The quantitative estimate of drug-likeness (QED) is 0.299. The van der Waals surface area contributed by atoms with Crippen molar-refractivity contribution in [3.8, 4) is 6.07 Å². The summed E-state index contributed by atoms with van der Waals surface area (Å²) >= 11 is 1.35. The summed E-state index contributed by atoms with van der Waals surface area (Å²) in [6.07, 6.45) is 0.117. The van der Waals surface area contributed by atoms with E-state index in [1.807, 2.05) is 11.4 Å². The van der Waals surface area contributed by atoms with E-state index in [0.717, 1.165) is 0 Å². The predicted molar refractivity (Wildman–Crippen MR) is 136 cm³/mol. The summed E-state index contributed by atoms with van der Waals surface area (Å²) in [6.45, 7) is 8.10. The van der Waals surface area contributed by atoms with E-state index < -0.39 is 29.6 Å². The number of nitrogen functional groups attached to an aromatic ring is 1. The molecule has 0 saturated carbocycles. The van der Waals surface area contributed by atoms with Gasteiger partial charge in [-0.15, -0.1) is 11.3 Å². The standard InChI is InChI=1S/C26H29N3O6S/c1-6-16(31)19(14(5)30)20-15(12-27)24(28)29-13(4)18(25(32)34-7-2)21(17-10-9-11-36-17)22(23(20)29)26(33)35-8-3/h9-11,21-22,31H,6-8,28H2,1-5H3/b19-16+/t21-,22+/m0/s1. The molecular weight excluding hydrogens is 482 g/mol. The van der Waals surface area contributed by atoms with Gasteiger partial charge >= 0.3 is 11.9 Å². The van der Waals surface area contributed by atoms with Gasteiger partial charge in [-0.3, -0.25) is 9.59 Å². The average molecular weight is 512 g/mol. The Balaban J connectivity index is 2.58. The second-order valence-corrected chi connectivity index (χ2v) is 9.12. The number of aliphatic hydroxyl groups excluding tert-OH is 1. The Hall–Kier alpha value is -3.84. The summed E-state index contributed by atoms with van der Waals surface area (Å²) in [7, 11) is 0. The van der Waals surface area contributed by atoms with Gasteiger partial charge in [0.15, 0.2) is 5.78 Å². The van der Waals surface area contributed by atoms with Crippen molar-refractivity contribution in [3.05, 3.63) is 50.5 Å². The smallest absolute Gasteiger partial charge is 0.336 e. The minimum atomic E-state index is -1.15. The molecule has 1 aliphatic rings. The van der Waals surface area contributed by atoms with Crippen LogP contribution < -0.4 is 5.73 Å². The lowest BCUT2D eigenvalue weighted by molar-refractivity contribution is -0.145. The highest BCUT2D eigenvalue weighted by atomic mass is 32.1. The van der Waals surface area contributed by atoms with Gasteiger partial charge in [-0.05, 0) is 39.1 Å². The molecule has 0 unspecified atom stereocenters. The van der Waals surface area contributed by atoms with E-state index in [1.54, 1.807) is 39.8 Å². The number of rotatable bonds is 8. The first-order valence-electron chi connectivity index (χ1n) is 11.6. The topological polar surface area (TPSA) is 145 Å². The zero-order valence-electron chi connectivity index (χ0n) is 20.9. The van der Waals surface area contributed by atoms with Gasteiger partial charge in [-0.25, -0.2) is 4.79 Å². The summed E-state index contributed by atoms with van der Waals surface area (Å²) in [5.41, 5.74) is 7.12. The van der Waals surface area contributed by atoms with Crippen molar-refractivity contribution in [3.63, 3.8) is 0 Å². The van der Waals surface area contributed by atoms with Crippen LogP contribution >= 0.6 is 11.3 Å². The van der Waals surface area contributed by atoms with Gasteiger partial charge in [-0.1, -0.05) is 13.0 Å². The number of fused-ring (bicyclic) bond motifs is 1. The van der Waals surface area contributed by atoms with E-state index in [0.29, 0.717) is 10.6 Å². The Bertz CT molecular complexity index is 1310. The monoisotopic (exact) mass is 511 g/mol. The van der Waals surface area contributed by atoms with Crippen LogP contribution in [0.15, 0.2) is 28.8 Å². The molecule has 36 heavy (non-hydrogen) atoms. The maximum atomic E-state index is 13.6. The van der Waals surface area contributed by atoms with Gasteiger partial charge in [0.2, 0.25) is 0 Å². The second-order valence-electron chi connectivity index (χ2n) is 8.14. The molecule has 9 nitrogen and oxygen atoms in total. The number of nitrogens with zero attached hydrogens (tertiary/aromatic N) is 2. The number of aromatic nitrogens is 1. The lowest BCUT2D eigenvalue weighted by Crippen LogP contribution is -2.34. The van der Waals surface area contributed by atoms with Gasteiger partial charge < -0.3 is 24.9 Å². The predicted octanol–water partition coefficient (Wildman–Crippen LogP) is 4.51. The fourth-order valence-corrected chi connectivity index (χ4v) is 5.61. The summed E-state index contributed by atoms with van der Waals surface area (Å²) in [5, 5.41) is 22.6. The highest BCUT2D eigenvalue weighted by molar-refractivity contribution is 7.10. The van der Waals surface area contributed by atoms with Gasteiger partial charge in [0.25, 0.3) is 0 Å². The third-order valence-electron chi connectivity index (χ3n) is 6.13. The number of allylic oxidation sites excluding steroid dienone is 3. The van der Waals surface area contributed by atoms with Gasteiger partial charge in [0.05, 0.1) is 24.4 Å². The average Bonchev–Trinajstić information content (AvgIpc) is 3.45. The van der Waals surface area contributed by atoms with E-state index in [2.05, 4.69) is 0 Å². The van der Waals surface area contributed by atoms with Crippen molar-refractivity contribution >= 4 is 46.1 Å². The number of carbonyl (C=O) groups is 3. The van der Waals surface area contributed by atoms with E-state index in [4.69, 9.17) is 15.2 Å². The van der Waals surface area contributed by atoms with Crippen molar-refractivity contribution < 1.29 is 29.0 Å². The number of aliphatic hydroxyl groups is 1. The summed E-state index contributed by atoms with van der Waals surface area (Å²) in [6, 6.07) is 5.63. The fraction of sp³-hybridized carbons (Fsp3) is 0.385. The lowest BCUT2D eigenvalue weighted by Gasteiger charge is -2.34. The number of ether oxygens (including phenoxy) is 2.